The molecule has 0 amide bonds. The normalized spacial score (nSPS) is 15.7. The van der Waals surface area contributed by atoms with Gasteiger partial charge < -0.3 is 24.4 Å². The van der Waals surface area contributed by atoms with Crippen molar-refractivity contribution in [3.05, 3.63) is 55.0 Å². The lowest BCUT2D eigenvalue weighted by atomic mass is 10.1. The van der Waals surface area contributed by atoms with Crippen molar-refractivity contribution in [2.45, 2.75) is 45.4 Å². The van der Waals surface area contributed by atoms with Crippen LogP contribution in [0.4, 0.5) is 11.4 Å². The Labute approximate surface area is 223 Å². The molecule has 4 aromatic rings. The zero-order valence-electron chi connectivity index (χ0n) is 22.6. The number of fused-ring (bicyclic) bond motifs is 1. The molecule has 9 heteroatoms. The highest BCUT2D eigenvalue weighted by Crippen LogP contribution is 2.37. The van der Waals surface area contributed by atoms with Crippen LogP contribution in [-0.4, -0.2) is 59.7 Å². The molecule has 9 nitrogen and oxygen atoms in total. The van der Waals surface area contributed by atoms with Crippen molar-refractivity contribution in [3.63, 3.8) is 0 Å². The van der Waals surface area contributed by atoms with Crippen LogP contribution in [0.1, 0.15) is 39.3 Å². The maximum atomic E-state index is 5.88. The summed E-state index contributed by atoms with van der Waals surface area (Å²) in [5, 5.41) is 8.07. The Morgan fingerprint density at radius 3 is 2.74 bits per heavy atom. The van der Waals surface area contributed by atoms with Crippen LogP contribution in [0, 0.1) is 0 Å². The predicted molar refractivity (Wildman–Crippen MR) is 149 cm³/mol. The van der Waals surface area contributed by atoms with E-state index in [-0.39, 0.29) is 6.23 Å². The molecule has 1 unspecified atom stereocenters. The first-order chi connectivity index (χ1) is 18.6. The second-order valence-electron chi connectivity index (χ2n) is 9.76. The number of hydrogen-bond donors (Lipinski definition) is 1. The summed E-state index contributed by atoms with van der Waals surface area (Å²) in [7, 11) is 3.36. The largest absolute Gasteiger partial charge is 0.497 e. The number of ether oxygens (including phenoxy) is 3. The maximum Gasteiger partial charge on any atom is 0.150 e. The first-order valence-corrected chi connectivity index (χ1v) is 13.2. The van der Waals surface area contributed by atoms with E-state index in [4.69, 9.17) is 24.2 Å². The molecule has 200 valence electrons. The number of methoxy groups -OCH3 is 2. The van der Waals surface area contributed by atoms with Crippen LogP contribution in [0.3, 0.4) is 0 Å². The van der Waals surface area contributed by atoms with E-state index in [1.807, 2.05) is 41.3 Å². The zero-order chi connectivity index (χ0) is 26.5. The molecule has 2 aromatic heterocycles. The summed E-state index contributed by atoms with van der Waals surface area (Å²) in [6, 6.07) is 12.4. The lowest BCUT2D eigenvalue weighted by Crippen LogP contribution is -2.32. The lowest BCUT2D eigenvalue weighted by Gasteiger charge is -2.28. The Balaban J connectivity index is 1.50. The van der Waals surface area contributed by atoms with Crippen molar-refractivity contribution in [1.82, 2.24) is 25.1 Å². The monoisotopic (exact) mass is 516 g/mol. The second kappa shape index (κ2) is 11.8. The predicted octanol–water partition coefficient (Wildman–Crippen LogP) is 5.35. The summed E-state index contributed by atoms with van der Waals surface area (Å²) < 4.78 is 19.0. The molecule has 1 fully saturated rings. The summed E-state index contributed by atoms with van der Waals surface area (Å²) >= 11 is 0. The molecule has 0 bridgehead atoms. The average molecular weight is 517 g/mol. The standard InChI is InChI=1S/C29H36N6O3/c1-20(2)30-12-13-34(27-16-23(36-3)9-11-28(27)37-4)22-8-10-24-25(15-22)33-26(18-31-24)21-17-32-35(19-21)29-7-5-6-14-38-29/h8-11,15-20,29-30H,5-7,12-14H2,1-4H3. The average Bonchev–Trinajstić information content (AvgIpc) is 3.45. The summed E-state index contributed by atoms with van der Waals surface area (Å²) in [5.74, 6) is 1.54. The highest BCUT2D eigenvalue weighted by molar-refractivity contribution is 5.83. The fraction of sp³-hybridized carbons (Fsp3) is 0.414. The number of nitrogens with one attached hydrogen (secondary N) is 1. The summed E-state index contributed by atoms with van der Waals surface area (Å²) in [5.41, 5.74) is 5.26. The van der Waals surface area contributed by atoms with Gasteiger partial charge in [-0.15, -0.1) is 0 Å². The number of benzene rings is 2. The quantitative estimate of drug-likeness (QED) is 0.302. The van der Waals surface area contributed by atoms with E-state index in [2.05, 4.69) is 41.3 Å². The van der Waals surface area contributed by atoms with E-state index < -0.39 is 0 Å². The van der Waals surface area contributed by atoms with Crippen LogP contribution in [-0.2, 0) is 4.74 Å². The summed E-state index contributed by atoms with van der Waals surface area (Å²) in [4.78, 5) is 11.9. The zero-order valence-corrected chi connectivity index (χ0v) is 22.6. The third kappa shape index (κ3) is 5.74. The molecule has 1 aliphatic rings. The first kappa shape index (κ1) is 25.9. The van der Waals surface area contributed by atoms with Gasteiger partial charge in [0.2, 0.25) is 0 Å². The molecule has 2 aromatic carbocycles. The van der Waals surface area contributed by atoms with Crippen LogP contribution >= 0.6 is 0 Å². The Kier molecular flexibility index (Phi) is 8.05. The Hall–Kier alpha value is -3.69. The van der Waals surface area contributed by atoms with Gasteiger partial charge in [-0.2, -0.15) is 5.10 Å². The van der Waals surface area contributed by atoms with Gasteiger partial charge in [0.15, 0.2) is 0 Å². The third-order valence-corrected chi connectivity index (χ3v) is 6.75. The Morgan fingerprint density at radius 2 is 1.97 bits per heavy atom. The van der Waals surface area contributed by atoms with Crippen molar-refractivity contribution >= 4 is 22.4 Å². The molecule has 1 saturated heterocycles. The van der Waals surface area contributed by atoms with E-state index in [0.29, 0.717) is 6.04 Å². The van der Waals surface area contributed by atoms with Gasteiger partial charge >= 0.3 is 0 Å². The smallest absolute Gasteiger partial charge is 0.150 e. The Morgan fingerprint density at radius 1 is 1.08 bits per heavy atom. The number of anilines is 2. The SMILES string of the molecule is COc1ccc(OC)c(N(CCNC(C)C)c2ccc3ncc(-c4cnn(C5CCCCO5)c4)nc3c2)c1. The van der Waals surface area contributed by atoms with Gasteiger partial charge in [0.1, 0.15) is 17.7 Å². The highest BCUT2D eigenvalue weighted by Gasteiger charge is 2.19. The molecule has 3 heterocycles. The minimum Gasteiger partial charge on any atom is -0.497 e. The van der Waals surface area contributed by atoms with Crippen LogP contribution in [0.25, 0.3) is 22.3 Å². The van der Waals surface area contributed by atoms with Gasteiger partial charge in [0.25, 0.3) is 0 Å². The lowest BCUT2D eigenvalue weighted by molar-refractivity contribution is -0.0394. The number of nitrogens with zero attached hydrogens (tertiary/aromatic N) is 5. The van der Waals surface area contributed by atoms with E-state index in [0.717, 1.165) is 84.1 Å². The topological polar surface area (TPSA) is 86.6 Å². The van der Waals surface area contributed by atoms with Crippen LogP contribution in [0.15, 0.2) is 55.0 Å². The molecule has 38 heavy (non-hydrogen) atoms. The minimum absolute atomic E-state index is 0.0108. The van der Waals surface area contributed by atoms with Crippen molar-refractivity contribution < 1.29 is 14.2 Å². The van der Waals surface area contributed by atoms with Gasteiger partial charge in [-0.25, -0.2) is 9.67 Å². The molecule has 1 aliphatic heterocycles. The van der Waals surface area contributed by atoms with Crippen LogP contribution in [0.2, 0.25) is 0 Å². The minimum atomic E-state index is -0.0108. The second-order valence-corrected chi connectivity index (χ2v) is 9.76. The first-order valence-electron chi connectivity index (χ1n) is 13.2. The van der Waals surface area contributed by atoms with Crippen molar-refractivity contribution in [2.24, 2.45) is 0 Å². The van der Waals surface area contributed by atoms with Crippen molar-refractivity contribution in [1.29, 1.82) is 0 Å². The summed E-state index contributed by atoms with van der Waals surface area (Å²) in [6.07, 6.45) is 8.87. The van der Waals surface area contributed by atoms with E-state index >= 15 is 0 Å². The van der Waals surface area contributed by atoms with E-state index in [1.54, 1.807) is 20.4 Å². The van der Waals surface area contributed by atoms with Gasteiger partial charge in [-0.05, 0) is 49.6 Å². The van der Waals surface area contributed by atoms with Gasteiger partial charge in [-0.3, -0.25) is 4.98 Å². The van der Waals surface area contributed by atoms with Crippen molar-refractivity contribution in [3.8, 4) is 22.8 Å². The maximum absolute atomic E-state index is 5.88. The molecule has 0 saturated carbocycles. The highest BCUT2D eigenvalue weighted by atomic mass is 16.5. The van der Waals surface area contributed by atoms with Crippen molar-refractivity contribution in [2.75, 3.05) is 38.8 Å². The number of hydrogen-bond acceptors (Lipinski definition) is 8. The fourth-order valence-corrected chi connectivity index (χ4v) is 4.73. The number of rotatable bonds is 10. The van der Waals surface area contributed by atoms with Crippen LogP contribution in [0.5, 0.6) is 11.5 Å². The Bertz CT molecular complexity index is 1370. The molecule has 1 N–H and O–H groups in total. The third-order valence-electron chi connectivity index (χ3n) is 6.75. The summed E-state index contributed by atoms with van der Waals surface area (Å²) in [6.45, 7) is 6.59. The van der Waals surface area contributed by atoms with Gasteiger partial charge in [0, 0.05) is 49.3 Å². The molecule has 1 atom stereocenters. The molecule has 5 rings (SSSR count). The molecule has 0 radical (unpaired) electrons. The molecular formula is C29H36N6O3. The molecule has 0 spiro atoms. The van der Waals surface area contributed by atoms with Gasteiger partial charge in [0.05, 0.1) is 49.0 Å². The van der Waals surface area contributed by atoms with Gasteiger partial charge in [-0.1, -0.05) is 13.8 Å². The molecular weight excluding hydrogens is 480 g/mol. The van der Waals surface area contributed by atoms with E-state index in [1.165, 1.54) is 0 Å². The van der Waals surface area contributed by atoms with E-state index in [9.17, 15) is 0 Å². The molecule has 0 aliphatic carbocycles. The van der Waals surface area contributed by atoms with Crippen LogP contribution < -0.4 is 19.7 Å². The number of aromatic nitrogens is 4. The fourth-order valence-electron chi connectivity index (χ4n) is 4.73.